The van der Waals surface area contributed by atoms with Gasteiger partial charge in [-0.15, -0.1) is 0 Å². The van der Waals surface area contributed by atoms with Gasteiger partial charge in [0, 0.05) is 9.64 Å². The maximum absolute atomic E-state index is 10.6. The molecule has 0 spiro atoms. The summed E-state index contributed by atoms with van der Waals surface area (Å²) in [5.74, 6) is -1.10. The third-order valence-corrected chi connectivity index (χ3v) is 1.97. The normalized spacial score (nSPS) is 9.00. The van der Waals surface area contributed by atoms with E-state index in [1.807, 2.05) is 22.6 Å². The van der Waals surface area contributed by atoms with E-state index < -0.39 is 5.97 Å². The van der Waals surface area contributed by atoms with E-state index in [0.717, 1.165) is 3.57 Å². The summed E-state index contributed by atoms with van der Waals surface area (Å²) >= 11 is 1.99. The Balaban J connectivity index is 3.34. The van der Waals surface area contributed by atoms with Gasteiger partial charge in [-0.05, 0) is 34.7 Å². The molecule has 0 aliphatic carbocycles. The molecule has 1 rings (SSSR count). The Morgan fingerprint density at radius 1 is 1.58 bits per heavy atom. The molecular weight excluding hydrogens is 271 g/mol. The fourth-order valence-electron chi connectivity index (χ4n) is 0.767. The SMILES string of the molecule is N#[N+]c1ccc(I)cc1C(=O)O. The van der Waals surface area contributed by atoms with Gasteiger partial charge in [0.2, 0.25) is 5.39 Å². The summed E-state index contributed by atoms with van der Waals surface area (Å²) in [6.07, 6.45) is 0. The minimum Gasteiger partial charge on any atom is -0.477 e. The number of hydrogen-bond acceptors (Lipinski definition) is 2. The summed E-state index contributed by atoms with van der Waals surface area (Å²) in [5.41, 5.74) is 0.0762. The predicted molar refractivity (Wildman–Crippen MR) is 50.9 cm³/mol. The summed E-state index contributed by atoms with van der Waals surface area (Å²) < 4.78 is 0.789. The molecule has 0 fully saturated rings. The molecule has 4 nitrogen and oxygen atoms in total. The van der Waals surface area contributed by atoms with Crippen molar-refractivity contribution in [1.29, 1.82) is 5.39 Å². The first-order valence-corrected chi connectivity index (χ1v) is 4.11. The van der Waals surface area contributed by atoms with Gasteiger partial charge in [-0.3, -0.25) is 0 Å². The molecule has 1 aromatic rings. The van der Waals surface area contributed by atoms with Crippen molar-refractivity contribution in [3.8, 4) is 0 Å². The number of rotatable bonds is 1. The molecule has 0 unspecified atom stereocenters. The van der Waals surface area contributed by atoms with E-state index in [1.165, 1.54) is 12.1 Å². The first kappa shape index (κ1) is 8.93. The molecule has 0 aliphatic rings. The van der Waals surface area contributed by atoms with Crippen LogP contribution in [0.2, 0.25) is 0 Å². The second-order valence-electron chi connectivity index (χ2n) is 2.07. The van der Waals surface area contributed by atoms with Crippen LogP contribution in [0, 0.1) is 8.96 Å². The monoisotopic (exact) mass is 275 g/mol. The highest BCUT2D eigenvalue weighted by atomic mass is 127. The molecule has 0 bridgehead atoms. The highest BCUT2D eigenvalue weighted by molar-refractivity contribution is 14.1. The van der Waals surface area contributed by atoms with E-state index in [4.69, 9.17) is 10.5 Å². The zero-order valence-corrected chi connectivity index (χ0v) is 8.02. The van der Waals surface area contributed by atoms with E-state index in [9.17, 15) is 4.79 Å². The highest BCUT2D eigenvalue weighted by Crippen LogP contribution is 2.21. The van der Waals surface area contributed by atoms with Gasteiger partial charge in [0.05, 0.1) is 0 Å². The first-order valence-electron chi connectivity index (χ1n) is 3.03. The van der Waals surface area contributed by atoms with Crippen molar-refractivity contribution in [3.05, 3.63) is 32.3 Å². The van der Waals surface area contributed by atoms with Crippen LogP contribution in [-0.2, 0) is 0 Å². The average Bonchev–Trinajstić information content (AvgIpc) is 2.04. The van der Waals surface area contributed by atoms with Crippen LogP contribution in [0.5, 0.6) is 0 Å². The fourth-order valence-corrected chi connectivity index (χ4v) is 1.26. The topological polar surface area (TPSA) is 65.5 Å². The molecule has 0 saturated carbocycles. The number of carboxylic acids is 1. The number of aromatic carboxylic acids is 1. The Kier molecular flexibility index (Phi) is 2.60. The van der Waals surface area contributed by atoms with E-state index >= 15 is 0 Å². The lowest BCUT2D eigenvalue weighted by Crippen LogP contribution is -1.96. The molecule has 0 aromatic heterocycles. The number of benzene rings is 1. The minimum absolute atomic E-state index is 0.00407. The van der Waals surface area contributed by atoms with E-state index in [1.54, 1.807) is 6.07 Å². The maximum atomic E-state index is 10.6. The van der Waals surface area contributed by atoms with Gasteiger partial charge in [-0.2, -0.15) is 0 Å². The van der Waals surface area contributed by atoms with Gasteiger partial charge in [0.15, 0.2) is 10.5 Å². The maximum Gasteiger partial charge on any atom is 0.399 e. The summed E-state index contributed by atoms with van der Waals surface area (Å²) in [5, 5.41) is 17.1. The molecule has 12 heavy (non-hydrogen) atoms. The van der Waals surface area contributed by atoms with Gasteiger partial charge >= 0.3 is 11.7 Å². The summed E-state index contributed by atoms with van der Waals surface area (Å²) in [6.45, 7) is 0. The van der Waals surface area contributed by atoms with E-state index in [2.05, 4.69) is 4.98 Å². The van der Waals surface area contributed by atoms with Gasteiger partial charge in [0.25, 0.3) is 0 Å². The second-order valence-corrected chi connectivity index (χ2v) is 3.31. The third-order valence-electron chi connectivity index (χ3n) is 1.30. The molecule has 0 aliphatic heterocycles. The van der Waals surface area contributed by atoms with Crippen molar-refractivity contribution in [1.82, 2.24) is 0 Å². The van der Waals surface area contributed by atoms with Crippen LogP contribution in [0.15, 0.2) is 18.2 Å². The van der Waals surface area contributed by atoms with Crippen LogP contribution in [-0.4, -0.2) is 11.1 Å². The molecule has 0 atom stereocenters. The van der Waals surface area contributed by atoms with Crippen molar-refractivity contribution < 1.29 is 9.90 Å². The van der Waals surface area contributed by atoms with Crippen LogP contribution in [0.3, 0.4) is 0 Å². The Labute approximate surface area is 82.0 Å². The van der Waals surface area contributed by atoms with Crippen LogP contribution < -0.4 is 0 Å². The lowest BCUT2D eigenvalue weighted by Gasteiger charge is -1.90. The zero-order chi connectivity index (χ0) is 9.14. The fraction of sp³-hybridized carbons (Fsp3) is 0. The van der Waals surface area contributed by atoms with Crippen molar-refractivity contribution in [3.63, 3.8) is 0 Å². The molecule has 1 aromatic carbocycles. The Morgan fingerprint density at radius 2 is 2.25 bits per heavy atom. The van der Waals surface area contributed by atoms with Crippen molar-refractivity contribution in [2.24, 2.45) is 0 Å². The molecule has 0 saturated heterocycles. The predicted octanol–water partition coefficient (Wildman–Crippen LogP) is 2.47. The molecule has 0 heterocycles. The van der Waals surface area contributed by atoms with Crippen LogP contribution in [0.4, 0.5) is 5.69 Å². The van der Waals surface area contributed by atoms with Gasteiger partial charge in [-0.1, -0.05) is 0 Å². The number of carbonyl (C=O) groups is 1. The molecule has 0 amide bonds. The number of hydrogen-bond donors (Lipinski definition) is 1. The van der Waals surface area contributed by atoms with Gasteiger partial charge in [0.1, 0.15) is 0 Å². The van der Waals surface area contributed by atoms with Crippen molar-refractivity contribution >= 4 is 34.2 Å². The summed E-state index contributed by atoms with van der Waals surface area (Å²) in [6, 6.07) is 4.56. The molecule has 0 radical (unpaired) electrons. The molecule has 1 N–H and O–H groups in total. The molecular formula is C7H4IN2O2+. The lowest BCUT2D eigenvalue weighted by molar-refractivity contribution is 0.0698. The number of nitrogens with zero attached hydrogens (tertiary/aromatic N) is 2. The molecule has 60 valence electrons. The van der Waals surface area contributed by atoms with Crippen molar-refractivity contribution in [2.75, 3.05) is 0 Å². The zero-order valence-electron chi connectivity index (χ0n) is 5.86. The molecule has 5 heteroatoms. The van der Waals surface area contributed by atoms with Crippen molar-refractivity contribution in [2.45, 2.75) is 0 Å². The van der Waals surface area contributed by atoms with Gasteiger partial charge in [-0.25, -0.2) is 4.79 Å². The van der Waals surface area contributed by atoms with E-state index in [0.29, 0.717) is 0 Å². The quantitative estimate of drug-likeness (QED) is 0.632. The second kappa shape index (κ2) is 3.49. The third kappa shape index (κ3) is 1.71. The largest absolute Gasteiger partial charge is 0.477 e. The van der Waals surface area contributed by atoms with Crippen LogP contribution in [0.1, 0.15) is 10.4 Å². The Hall–Kier alpha value is -1.16. The van der Waals surface area contributed by atoms with E-state index in [-0.39, 0.29) is 11.3 Å². The highest BCUT2D eigenvalue weighted by Gasteiger charge is 2.19. The smallest absolute Gasteiger partial charge is 0.399 e. The van der Waals surface area contributed by atoms with Gasteiger partial charge < -0.3 is 5.11 Å². The standard InChI is InChI=1S/C7H3IN2O2/c8-4-1-2-6(10-9)5(3-4)7(11)12/h1-3H/p+1. The van der Waals surface area contributed by atoms with Crippen LogP contribution >= 0.6 is 22.6 Å². The number of carboxylic acid groups (broad SMARTS) is 1. The summed E-state index contributed by atoms with van der Waals surface area (Å²) in [7, 11) is 0. The Morgan fingerprint density at radius 3 is 2.75 bits per heavy atom. The number of diazo groups is 1. The Bertz CT molecular complexity index is 370. The number of halogens is 1. The van der Waals surface area contributed by atoms with Crippen LogP contribution in [0.25, 0.3) is 4.98 Å². The first-order chi connectivity index (χ1) is 5.65. The minimum atomic E-state index is -1.10. The average molecular weight is 275 g/mol. The lowest BCUT2D eigenvalue weighted by atomic mass is 10.2. The summed E-state index contributed by atoms with van der Waals surface area (Å²) in [4.78, 5) is 13.4.